The van der Waals surface area contributed by atoms with E-state index in [0.717, 1.165) is 22.5 Å². The van der Waals surface area contributed by atoms with Gasteiger partial charge in [-0.2, -0.15) is 0 Å². The number of rotatable bonds is 3. The molecule has 1 saturated carbocycles. The number of fused-ring (bicyclic) bond motifs is 1. The molecule has 3 nitrogen and oxygen atoms in total. The smallest absolute Gasteiger partial charge is 0.175 e. The number of hydrogen-bond donors (Lipinski definition) is 1. The average Bonchev–Trinajstić information content (AvgIpc) is 3.06. The quantitative estimate of drug-likeness (QED) is 0.931. The molecule has 92 valence electrons. The van der Waals surface area contributed by atoms with Crippen LogP contribution in [0.1, 0.15) is 25.3 Å². The summed E-state index contributed by atoms with van der Waals surface area (Å²) in [5.41, 5.74) is 1.59. The van der Waals surface area contributed by atoms with Crippen molar-refractivity contribution >= 4 is 15.9 Å². The van der Waals surface area contributed by atoms with Crippen LogP contribution in [0.5, 0.6) is 11.5 Å². The summed E-state index contributed by atoms with van der Waals surface area (Å²) in [5.74, 6) is 1.68. The van der Waals surface area contributed by atoms with Gasteiger partial charge in [0.1, 0.15) is 13.2 Å². The summed E-state index contributed by atoms with van der Waals surface area (Å²) in [5, 5.41) is 3.57. The number of nitrogens with one attached hydrogen (secondary N) is 1. The van der Waals surface area contributed by atoms with Gasteiger partial charge in [-0.05, 0) is 53.4 Å². The Morgan fingerprint density at radius 2 is 2.06 bits per heavy atom. The number of halogens is 1. The Morgan fingerprint density at radius 1 is 1.29 bits per heavy atom. The molecule has 0 spiro atoms. The van der Waals surface area contributed by atoms with Crippen molar-refractivity contribution in [2.75, 3.05) is 13.2 Å². The van der Waals surface area contributed by atoms with Gasteiger partial charge in [0.15, 0.2) is 11.5 Å². The lowest BCUT2D eigenvalue weighted by Crippen LogP contribution is -2.27. The third kappa shape index (κ3) is 2.43. The summed E-state index contributed by atoms with van der Waals surface area (Å²) in [6.45, 7) is 4.40. The summed E-state index contributed by atoms with van der Waals surface area (Å²) in [4.78, 5) is 0. The van der Waals surface area contributed by atoms with E-state index in [1.54, 1.807) is 0 Å². The lowest BCUT2D eigenvalue weighted by atomic mass is 10.1. The van der Waals surface area contributed by atoms with Crippen molar-refractivity contribution in [2.24, 2.45) is 0 Å². The standard InChI is InChI=1S/C13H16BrNO2/c1-13(2-3-13)15-8-9-6-10(14)12-11(7-9)16-4-5-17-12/h6-7,15H,2-5,8H2,1H3. The van der Waals surface area contributed by atoms with Crippen LogP contribution in [-0.2, 0) is 6.54 Å². The molecule has 1 fully saturated rings. The van der Waals surface area contributed by atoms with E-state index in [4.69, 9.17) is 9.47 Å². The molecule has 0 amide bonds. The molecule has 1 aromatic rings. The molecule has 1 aromatic carbocycles. The second-order valence-electron chi connectivity index (χ2n) is 5.02. The molecule has 0 radical (unpaired) electrons. The number of hydrogen-bond acceptors (Lipinski definition) is 3. The largest absolute Gasteiger partial charge is 0.486 e. The van der Waals surface area contributed by atoms with Crippen LogP contribution in [-0.4, -0.2) is 18.8 Å². The van der Waals surface area contributed by atoms with Gasteiger partial charge in [-0.25, -0.2) is 0 Å². The molecule has 1 N–H and O–H groups in total. The van der Waals surface area contributed by atoms with Crippen molar-refractivity contribution in [3.8, 4) is 11.5 Å². The maximum atomic E-state index is 5.61. The van der Waals surface area contributed by atoms with Crippen LogP contribution >= 0.6 is 15.9 Å². The van der Waals surface area contributed by atoms with Crippen LogP contribution < -0.4 is 14.8 Å². The highest BCUT2D eigenvalue weighted by atomic mass is 79.9. The molecule has 0 unspecified atom stereocenters. The van der Waals surface area contributed by atoms with Gasteiger partial charge >= 0.3 is 0 Å². The summed E-state index contributed by atoms with van der Waals surface area (Å²) < 4.78 is 12.2. The van der Waals surface area contributed by atoms with Gasteiger partial charge in [0.2, 0.25) is 0 Å². The first-order valence-corrected chi connectivity index (χ1v) is 6.79. The first-order chi connectivity index (χ1) is 8.16. The van der Waals surface area contributed by atoms with Gasteiger partial charge in [-0.1, -0.05) is 0 Å². The maximum Gasteiger partial charge on any atom is 0.175 e. The van der Waals surface area contributed by atoms with Crippen LogP contribution in [0.2, 0.25) is 0 Å². The fourth-order valence-electron chi connectivity index (χ4n) is 1.95. The Kier molecular flexibility index (Phi) is 2.79. The van der Waals surface area contributed by atoms with Crippen molar-refractivity contribution < 1.29 is 9.47 Å². The normalized spacial score (nSPS) is 20.1. The molecule has 0 atom stereocenters. The van der Waals surface area contributed by atoms with Crippen LogP contribution in [0, 0.1) is 0 Å². The zero-order valence-electron chi connectivity index (χ0n) is 9.88. The third-order valence-electron chi connectivity index (χ3n) is 3.38. The minimum atomic E-state index is 0.361. The van der Waals surface area contributed by atoms with E-state index in [1.807, 2.05) is 0 Å². The molecular weight excluding hydrogens is 282 g/mol. The van der Waals surface area contributed by atoms with Crippen LogP contribution in [0.4, 0.5) is 0 Å². The van der Waals surface area contributed by atoms with E-state index in [0.29, 0.717) is 18.8 Å². The summed E-state index contributed by atoms with van der Waals surface area (Å²) >= 11 is 3.54. The van der Waals surface area contributed by atoms with E-state index >= 15 is 0 Å². The highest BCUT2D eigenvalue weighted by molar-refractivity contribution is 9.10. The fourth-order valence-corrected chi connectivity index (χ4v) is 2.55. The average molecular weight is 298 g/mol. The lowest BCUT2D eigenvalue weighted by molar-refractivity contribution is 0.170. The van der Waals surface area contributed by atoms with Crippen molar-refractivity contribution in [2.45, 2.75) is 31.8 Å². The molecular formula is C13H16BrNO2. The maximum absolute atomic E-state index is 5.61. The number of ether oxygens (including phenoxy) is 2. The zero-order chi connectivity index (χ0) is 11.9. The molecule has 1 aliphatic carbocycles. The molecule has 3 rings (SSSR count). The summed E-state index contributed by atoms with van der Waals surface area (Å²) in [7, 11) is 0. The number of benzene rings is 1. The van der Waals surface area contributed by atoms with Gasteiger partial charge in [0, 0.05) is 12.1 Å². The lowest BCUT2D eigenvalue weighted by Gasteiger charge is -2.21. The van der Waals surface area contributed by atoms with Gasteiger partial charge in [0.25, 0.3) is 0 Å². The predicted octanol–water partition coefficient (Wildman–Crippen LogP) is 2.86. The Labute approximate surface area is 110 Å². The molecule has 0 aromatic heterocycles. The van der Waals surface area contributed by atoms with Gasteiger partial charge in [-0.3, -0.25) is 0 Å². The van der Waals surface area contributed by atoms with Crippen molar-refractivity contribution in [1.82, 2.24) is 5.32 Å². The van der Waals surface area contributed by atoms with Crippen LogP contribution in [0.15, 0.2) is 16.6 Å². The predicted molar refractivity (Wildman–Crippen MR) is 69.6 cm³/mol. The first-order valence-electron chi connectivity index (χ1n) is 5.99. The molecule has 1 aliphatic heterocycles. The minimum absolute atomic E-state index is 0.361. The van der Waals surface area contributed by atoms with Gasteiger partial charge < -0.3 is 14.8 Å². The van der Waals surface area contributed by atoms with Crippen LogP contribution in [0.25, 0.3) is 0 Å². The first kappa shape index (κ1) is 11.4. The monoisotopic (exact) mass is 297 g/mol. The Balaban J connectivity index is 1.78. The van der Waals surface area contributed by atoms with Crippen molar-refractivity contribution in [1.29, 1.82) is 0 Å². The Morgan fingerprint density at radius 3 is 2.82 bits per heavy atom. The molecule has 1 heterocycles. The molecule has 0 bridgehead atoms. The Hall–Kier alpha value is -0.740. The van der Waals surface area contributed by atoms with Crippen LogP contribution in [0.3, 0.4) is 0 Å². The topological polar surface area (TPSA) is 30.5 Å². The molecule has 2 aliphatic rings. The fraction of sp³-hybridized carbons (Fsp3) is 0.538. The second kappa shape index (κ2) is 4.18. The Bertz CT molecular complexity index is 443. The van der Waals surface area contributed by atoms with Crippen molar-refractivity contribution in [3.05, 3.63) is 22.2 Å². The van der Waals surface area contributed by atoms with E-state index in [-0.39, 0.29) is 0 Å². The van der Waals surface area contributed by atoms with Crippen molar-refractivity contribution in [3.63, 3.8) is 0 Å². The van der Waals surface area contributed by atoms with E-state index in [9.17, 15) is 0 Å². The van der Waals surface area contributed by atoms with E-state index < -0.39 is 0 Å². The summed E-state index contributed by atoms with van der Waals surface area (Å²) in [6.07, 6.45) is 2.55. The van der Waals surface area contributed by atoms with Gasteiger partial charge in [-0.15, -0.1) is 0 Å². The molecule has 0 saturated heterocycles. The highest BCUT2D eigenvalue weighted by Crippen LogP contribution is 2.39. The molecule has 17 heavy (non-hydrogen) atoms. The van der Waals surface area contributed by atoms with E-state index in [2.05, 4.69) is 40.3 Å². The third-order valence-corrected chi connectivity index (χ3v) is 3.96. The zero-order valence-corrected chi connectivity index (χ0v) is 11.5. The molecule has 4 heteroatoms. The summed E-state index contributed by atoms with van der Waals surface area (Å²) in [6, 6.07) is 4.17. The van der Waals surface area contributed by atoms with E-state index in [1.165, 1.54) is 18.4 Å². The SMILES string of the molecule is CC1(NCc2cc(Br)c3c(c2)OCCO3)CC1. The highest BCUT2D eigenvalue weighted by Gasteiger charge is 2.36. The van der Waals surface area contributed by atoms with Gasteiger partial charge in [0.05, 0.1) is 4.47 Å². The second-order valence-corrected chi connectivity index (χ2v) is 5.87. The minimum Gasteiger partial charge on any atom is -0.486 e.